The maximum Gasteiger partial charge on any atom is 0.306 e. The van der Waals surface area contributed by atoms with E-state index in [2.05, 4.69) is 118 Å². The third-order valence-corrected chi connectivity index (χ3v) is 12.9. The van der Waals surface area contributed by atoms with Crippen molar-refractivity contribution in [2.75, 3.05) is 13.2 Å². The molecule has 0 spiro atoms. The van der Waals surface area contributed by atoms with Gasteiger partial charge in [0.2, 0.25) is 0 Å². The Morgan fingerprint density at radius 1 is 0.292 bits per heavy atom. The van der Waals surface area contributed by atoms with E-state index in [9.17, 15) is 14.4 Å². The first kappa shape index (κ1) is 68.3. The van der Waals surface area contributed by atoms with Crippen LogP contribution in [-0.4, -0.2) is 37.2 Å². The quantitative estimate of drug-likeness (QED) is 0.0261. The predicted octanol–water partition coefficient (Wildman–Crippen LogP) is 20.5. The highest BCUT2D eigenvalue weighted by Crippen LogP contribution is 2.16. The molecule has 0 aromatic heterocycles. The van der Waals surface area contributed by atoms with Gasteiger partial charge in [-0.1, -0.05) is 279 Å². The van der Waals surface area contributed by atoms with E-state index in [-0.39, 0.29) is 31.1 Å². The summed E-state index contributed by atoms with van der Waals surface area (Å²) in [6.45, 7) is 6.51. The number of unbranched alkanes of at least 4 members (excludes halogenated alkanes) is 27. The average molecular weight is 1000 g/mol. The van der Waals surface area contributed by atoms with Gasteiger partial charge in [0.15, 0.2) is 6.10 Å². The minimum Gasteiger partial charge on any atom is -0.462 e. The van der Waals surface area contributed by atoms with Gasteiger partial charge < -0.3 is 14.2 Å². The zero-order chi connectivity index (χ0) is 52.2. The fourth-order valence-corrected chi connectivity index (χ4v) is 8.34. The van der Waals surface area contributed by atoms with E-state index in [1.54, 1.807) is 0 Å². The van der Waals surface area contributed by atoms with E-state index in [0.29, 0.717) is 19.3 Å². The van der Waals surface area contributed by atoms with Crippen LogP contribution in [0.1, 0.15) is 284 Å². The lowest BCUT2D eigenvalue weighted by Crippen LogP contribution is -2.30. The molecule has 1 unspecified atom stereocenters. The molecule has 0 amide bonds. The maximum absolute atomic E-state index is 12.8. The van der Waals surface area contributed by atoms with E-state index in [4.69, 9.17) is 14.2 Å². The Labute approximate surface area is 445 Å². The summed E-state index contributed by atoms with van der Waals surface area (Å²) in [7, 11) is 0. The molecule has 0 saturated heterocycles. The normalized spacial score (nSPS) is 12.8. The second-order valence-corrected chi connectivity index (χ2v) is 19.9. The Morgan fingerprint density at radius 2 is 0.542 bits per heavy atom. The molecule has 0 aliphatic rings. The number of carbonyl (C=O) groups excluding carboxylic acids is 3. The van der Waals surface area contributed by atoms with Crippen molar-refractivity contribution in [3.8, 4) is 0 Å². The second kappa shape index (κ2) is 59.9. The summed E-state index contributed by atoms with van der Waals surface area (Å²) in [6.07, 6.45) is 79.9. The van der Waals surface area contributed by atoms with Gasteiger partial charge in [-0.2, -0.15) is 0 Å². The first-order valence-corrected chi connectivity index (χ1v) is 30.2. The molecule has 0 heterocycles. The van der Waals surface area contributed by atoms with Crippen LogP contribution < -0.4 is 0 Å². The van der Waals surface area contributed by atoms with Gasteiger partial charge in [0, 0.05) is 19.3 Å². The smallest absolute Gasteiger partial charge is 0.306 e. The Balaban J connectivity index is 4.15. The average Bonchev–Trinajstić information content (AvgIpc) is 3.38. The maximum atomic E-state index is 12.8. The van der Waals surface area contributed by atoms with Crippen LogP contribution in [0.15, 0.2) is 97.2 Å². The molecular weight excluding hydrogens is 889 g/mol. The first-order chi connectivity index (χ1) is 35.5. The number of carbonyl (C=O) groups is 3. The monoisotopic (exact) mass is 1000 g/mol. The molecule has 6 heteroatoms. The van der Waals surface area contributed by atoms with Gasteiger partial charge in [0.1, 0.15) is 13.2 Å². The molecule has 72 heavy (non-hydrogen) atoms. The van der Waals surface area contributed by atoms with E-state index < -0.39 is 6.10 Å². The second-order valence-electron chi connectivity index (χ2n) is 19.9. The van der Waals surface area contributed by atoms with E-state index >= 15 is 0 Å². The molecule has 1 atom stereocenters. The van der Waals surface area contributed by atoms with Crippen LogP contribution in [0.25, 0.3) is 0 Å². The Hall–Kier alpha value is -3.67. The molecule has 0 bridgehead atoms. The molecule has 6 nitrogen and oxygen atoms in total. The van der Waals surface area contributed by atoms with Crippen LogP contribution in [0.4, 0.5) is 0 Å². The Morgan fingerprint density at radius 3 is 0.847 bits per heavy atom. The molecule has 0 aromatic carbocycles. The molecule has 0 aromatic rings. The summed E-state index contributed by atoms with van der Waals surface area (Å²) in [6, 6.07) is 0. The van der Waals surface area contributed by atoms with Gasteiger partial charge in [-0.25, -0.2) is 0 Å². The van der Waals surface area contributed by atoms with Crippen LogP contribution in [0.3, 0.4) is 0 Å². The summed E-state index contributed by atoms with van der Waals surface area (Å²) < 4.78 is 16.8. The van der Waals surface area contributed by atoms with Gasteiger partial charge in [-0.05, 0) is 83.5 Å². The molecular formula is C66H112O6. The zero-order valence-electron chi connectivity index (χ0n) is 47.2. The molecule has 0 N–H and O–H groups in total. The van der Waals surface area contributed by atoms with E-state index in [1.165, 1.54) is 128 Å². The van der Waals surface area contributed by atoms with Gasteiger partial charge in [-0.3, -0.25) is 14.4 Å². The Kier molecular flexibility index (Phi) is 56.8. The van der Waals surface area contributed by atoms with Gasteiger partial charge in [-0.15, -0.1) is 0 Å². The molecule has 412 valence electrons. The third kappa shape index (κ3) is 57.2. The zero-order valence-corrected chi connectivity index (χ0v) is 47.2. The largest absolute Gasteiger partial charge is 0.462 e. The van der Waals surface area contributed by atoms with Crippen LogP contribution in [0, 0.1) is 0 Å². The highest BCUT2D eigenvalue weighted by molar-refractivity contribution is 5.71. The van der Waals surface area contributed by atoms with Gasteiger partial charge in [0.25, 0.3) is 0 Å². The van der Waals surface area contributed by atoms with Crippen molar-refractivity contribution >= 4 is 17.9 Å². The number of hydrogen-bond acceptors (Lipinski definition) is 6. The highest BCUT2D eigenvalue weighted by atomic mass is 16.6. The third-order valence-electron chi connectivity index (χ3n) is 12.9. The fourth-order valence-electron chi connectivity index (χ4n) is 8.34. The predicted molar refractivity (Wildman–Crippen MR) is 311 cm³/mol. The summed E-state index contributed by atoms with van der Waals surface area (Å²) in [5, 5.41) is 0. The Bertz CT molecular complexity index is 1430. The number of rotatable bonds is 54. The fraction of sp³-hybridized carbons (Fsp3) is 0.712. The standard InChI is InChI=1S/C66H112O6/c1-4-7-10-13-16-19-22-23-24-25-26-27-28-29-30-31-32-33-34-35-36-37-38-39-40-41-42-43-45-47-50-53-56-59-65(68)71-62-63(61-70-64(67)58-55-52-49-46-21-18-15-12-9-6-3)72-66(69)60-57-54-51-48-44-20-17-14-11-8-5-2/h7,10,16,19,23-24,26-27,29-30,32-33,35-36,38-39,63H,4-6,8-9,11-15,17-18,20-22,25,28,31,34,37,40-62H2,1-3H3/b10-7-,19-16-,24-23-,27-26-,30-29-,33-32-,36-35-,39-38-. The summed E-state index contributed by atoms with van der Waals surface area (Å²) in [4.78, 5) is 38.0. The van der Waals surface area contributed by atoms with Crippen LogP contribution in [0.5, 0.6) is 0 Å². The van der Waals surface area contributed by atoms with Crippen LogP contribution in [0.2, 0.25) is 0 Å². The van der Waals surface area contributed by atoms with Gasteiger partial charge in [0.05, 0.1) is 0 Å². The van der Waals surface area contributed by atoms with Crippen molar-refractivity contribution in [1.82, 2.24) is 0 Å². The van der Waals surface area contributed by atoms with Crippen molar-refractivity contribution in [3.05, 3.63) is 97.2 Å². The number of esters is 3. The lowest BCUT2D eigenvalue weighted by molar-refractivity contribution is -0.167. The van der Waals surface area contributed by atoms with E-state index in [0.717, 1.165) is 116 Å². The minimum absolute atomic E-state index is 0.0756. The van der Waals surface area contributed by atoms with Crippen molar-refractivity contribution in [3.63, 3.8) is 0 Å². The topological polar surface area (TPSA) is 78.9 Å². The molecule has 0 fully saturated rings. The molecule has 0 radical (unpaired) electrons. The van der Waals surface area contributed by atoms with Crippen molar-refractivity contribution < 1.29 is 28.6 Å². The first-order valence-electron chi connectivity index (χ1n) is 30.2. The number of allylic oxidation sites excluding steroid dienone is 16. The van der Waals surface area contributed by atoms with Gasteiger partial charge >= 0.3 is 17.9 Å². The molecule has 0 saturated carbocycles. The van der Waals surface area contributed by atoms with Crippen LogP contribution >= 0.6 is 0 Å². The molecule has 0 aliphatic carbocycles. The lowest BCUT2D eigenvalue weighted by Gasteiger charge is -2.18. The molecule has 0 rings (SSSR count). The minimum atomic E-state index is -0.775. The van der Waals surface area contributed by atoms with E-state index in [1.807, 2.05) is 0 Å². The summed E-state index contributed by atoms with van der Waals surface area (Å²) >= 11 is 0. The number of hydrogen-bond donors (Lipinski definition) is 0. The number of ether oxygens (including phenoxy) is 3. The lowest BCUT2D eigenvalue weighted by atomic mass is 10.1. The van der Waals surface area contributed by atoms with Crippen molar-refractivity contribution in [2.24, 2.45) is 0 Å². The molecule has 0 aliphatic heterocycles. The summed E-state index contributed by atoms with van der Waals surface area (Å²) in [5.74, 6) is -0.881. The SMILES string of the molecule is CC/C=C\C/C=C\C/C=C\C/C=C\C/C=C\C/C=C\C/C=C\C/C=C\CCCCCCCCCCC(=O)OCC(COC(=O)CCCCCCCCCCCC)OC(=O)CCCCCCCCCCCCC. The summed E-state index contributed by atoms with van der Waals surface area (Å²) in [5.41, 5.74) is 0. The van der Waals surface area contributed by atoms with Crippen molar-refractivity contribution in [2.45, 2.75) is 290 Å². The highest BCUT2D eigenvalue weighted by Gasteiger charge is 2.19. The van der Waals surface area contributed by atoms with Crippen LogP contribution in [-0.2, 0) is 28.6 Å². The van der Waals surface area contributed by atoms with Crippen molar-refractivity contribution in [1.29, 1.82) is 0 Å².